The minimum atomic E-state index is -0.440. The Hall–Kier alpha value is -1.72. The van der Waals surface area contributed by atoms with E-state index in [4.69, 9.17) is 4.89 Å². The first-order valence-electron chi connectivity index (χ1n) is 4.90. The Morgan fingerprint density at radius 3 is 2.62 bits per heavy atom. The molecule has 0 aromatic heterocycles. The van der Waals surface area contributed by atoms with E-state index in [2.05, 4.69) is 4.89 Å². The van der Waals surface area contributed by atoms with E-state index in [0.717, 1.165) is 0 Å². The zero-order valence-electron chi connectivity index (χ0n) is 8.96. The van der Waals surface area contributed by atoms with Gasteiger partial charge in [0.2, 0.25) is 0 Å². The van der Waals surface area contributed by atoms with E-state index in [0.29, 0.717) is 12.2 Å². The molecule has 0 saturated carbocycles. The van der Waals surface area contributed by atoms with E-state index in [-0.39, 0.29) is 12.3 Å². The molecule has 5 heteroatoms. The molecule has 0 fully saturated rings. The van der Waals surface area contributed by atoms with Crippen molar-refractivity contribution in [3.8, 4) is 0 Å². The Balaban J connectivity index is 2.72. The van der Waals surface area contributed by atoms with Gasteiger partial charge in [-0.15, -0.1) is 0 Å². The maximum absolute atomic E-state index is 10.8. The first-order chi connectivity index (χ1) is 7.75. The molecule has 0 spiro atoms. The molecule has 1 aromatic carbocycles. The fraction of sp³-hybridized carbons (Fsp3) is 0.273. The van der Waals surface area contributed by atoms with Crippen LogP contribution in [0.4, 0.5) is 0 Å². The van der Waals surface area contributed by atoms with Crippen molar-refractivity contribution >= 4 is 5.70 Å². The van der Waals surface area contributed by atoms with Crippen molar-refractivity contribution in [2.24, 2.45) is 0 Å². The van der Waals surface area contributed by atoms with Gasteiger partial charge in [0.25, 0.3) is 5.70 Å². The summed E-state index contributed by atoms with van der Waals surface area (Å²) in [5.41, 5.74) is 0.563. The topological polar surface area (TPSA) is 61.6 Å². The molecule has 0 aliphatic heterocycles. The average Bonchev–Trinajstić information content (AvgIpc) is 2.30. The summed E-state index contributed by atoms with van der Waals surface area (Å²) in [4.78, 5) is 19.7. The average molecular weight is 223 g/mol. The second-order valence-electron chi connectivity index (χ2n) is 2.90. The van der Waals surface area contributed by atoms with Crippen LogP contribution in [0.1, 0.15) is 12.5 Å². The van der Waals surface area contributed by atoms with Crippen LogP contribution in [0.3, 0.4) is 0 Å². The van der Waals surface area contributed by atoms with Crippen molar-refractivity contribution in [2.75, 3.05) is 13.2 Å². The molecular weight excluding hydrogens is 210 g/mol. The second-order valence-corrected chi connectivity index (χ2v) is 2.90. The lowest BCUT2D eigenvalue weighted by atomic mass is 10.1. The minimum Gasteiger partial charge on any atom is -0.258 e. The zero-order chi connectivity index (χ0) is 11.8. The molecular formula is C11H13NO4. The normalized spacial score (nSPS) is 11.4. The Labute approximate surface area is 93.4 Å². The highest BCUT2D eigenvalue weighted by molar-refractivity contribution is 5.58. The van der Waals surface area contributed by atoms with Crippen molar-refractivity contribution in [3.05, 3.63) is 52.1 Å². The van der Waals surface area contributed by atoms with Crippen molar-refractivity contribution in [1.29, 1.82) is 0 Å². The standard InChI is InChI=1S/C11H13NO4/c1-2-15-16-9-8-11(12(13)14)10-6-4-3-5-7-10/h3-8H,2,9H2,1H3. The highest BCUT2D eigenvalue weighted by Gasteiger charge is 2.12. The van der Waals surface area contributed by atoms with Crippen LogP contribution in [0.25, 0.3) is 5.70 Å². The van der Waals surface area contributed by atoms with Gasteiger partial charge in [0.1, 0.15) is 6.61 Å². The monoisotopic (exact) mass is 223 g/mol. The molecule has 0 bridgehead atoms. The summed E-state index contributed by atoms with van der Waals surface area (Å²) in [5.74, 6) is 0. The number of benzene rings is 1. The van der Waals surface area contributed by atoms with Gasteiger partial charge < -0.3 is 0 Å². The molecule has 1 rings (SSSR count). The highest BCUT2D eigenvalue weighted by Crippen LogP contribution is 2.13. The summed E-state index contributed by atoms with van der Waals surface area (Å²) in [6.45, 7) is 2.24. The Kier molecular flexibility index (Phi) is 5.18. The summed E-state index contributed by atoms with van der Waals surface area (Å²) >= 11 is 0. The van der Waals surface area contributed by atoms with Crippen molar-refractivity contribution in [3.63, 3.8) is 0 Å². The van der Waals surface area contributed by atoms with Gasteiger partial charge in [-0.05, 0) is 19.1 Å². The van der Waals surface area contributed by atoms with Crippen LogP contribution in [-0.2, 0) is 9.78 Å². The smallest absolute Gasteiger partial charge is 0.258 e. The van der Waals surface area contributed by atoms with Crippen molar-refractivity contribution < 1.29 is 14.7 Å². The summed E-state index contributed by atoms with van der Waals surface area (Å²) in [6.07, 6.45) is 1.38. The molecule has 0 aliphatic rings. The third kappa shape index (κ3) is 3.80. The van der Waals surface area contributed by atoms with Gasteiger partial charge in [-0.25, -0.2) is 9.78 Å². The zero-order valence-corrected chi connectivity index (χ0v) is 8.96. The van der Waals surface area contributed by atoms with E-state index in [1.807, 2.05) is 0 Å². The van der Waals surface area contributed by atoms with Gasteiger partial charge in [-0.1, -0.05) is 18.2 Å². The van der Waals surface area contributed by atoms with E-state index in [1.165, 1.54) is 6.08 Å². The Bertz CT molecular complexity index is 362. The first-order valence-corrected chi connectivity index (χ1v) is 4.90. The predicted octanol–water partition coefficient (Wildman–Crippen LogP) is 2.27. The van der Waals surface area contributed by atoms with Crippen LogP contribution in [-0.4, -0.2) is 18.1 Å². The van der Waals surface area contributed by atoms with E-state index in [9.17, 15) is 10.1 Å². The Morgan fingerprint density at radius 2 is 2.06 bits per heavy atom. The summed E-state index contributed by atoms with van der Waals surface area (Å²) in [5, 5.41) is 10.8. The fourth-order valence-corrected chi connectivity index (χ4v) is 1.15. The van der Waals surface area contributed by atoms with E-state index in [1.54, 1.807) is 37.3 Å². The molecule has 0 heterocycles. The third-order valence-corrected chi connectivity index (χ3v) is 1.81. The summed E-state index contributed by atoms with van der Waals surface area (Å²) < 4.78 is 0. The molecule has 0 aliphatic carbocycles. The number of nitrogens with zero attached hydrogens (tertiary/aromatic N) is 1. The lowest BCUT2D eigenvalue weighted by Crippen LogP contribution is -2.01. The summed E-state index contributed by atoms with van der Waals surface area (Å²) in [6, 6.07) is 8.65. The van der Waals surface area contributed by atoms with Gasteiger partial charge in [-0.3, -0.25) is 10.1 Å². The van der Waals surface area contributed by atoms with Crippen LogP contribution < -0.4 is 0 Å². The molecule has 0 radical (unpaired) electrons. The van der Waals surface area contributed by atoms with E-state index >= 15 is 0 Å². The lowest BCUT2D eigenvalue weighted by Gasteiger charge is -1.99. The number of nitro groups is 1. The van der Waals surface area contributed by atoms with Gasteiger partial charge in [0.05, 0.1) is 17.1 Å². The summed E-state index contributed by atoms with van der Waals surface area (Å²) in [7, 11) is 0. The first kappa shape index (κ1) is 12.4. The molecule has 0 unspecified atom stereocenters. The third-order valence-electron chi connectivity index (χ3n) is 1.81. The number of rotatable bonds is 6. The van der Waals surface area contributed by atoms with Crippen LogP contribution in [0.5, 0.6) is 0 Å². The molecule has 5 nitrogen and oxygen atoms in total. The van der Waals surface area contributed by atoms with Gasteiger partial charge >= 0.3 is 0 Å². The SMILES string of the molecule is CCOOCC=C(c1ccccc1)[N+](=O)[O-]. The Morgan fingerprint density at radius 1 is 1.38 bits per heavy atom. The van der Waals surface area contributed by atoms with Crippen LogP contribution in [0, 0.1) is 10.1 Å². The van der Waals surface area contributed by atoms with Gasteiger partial charge in [-0.2, -0.15) is 0 Å². The highest BCUT2D eigenvalue weighted by atomic mass is 17.2. The maximum Gasteiger partial charge on any atom is 0.275 e. The number of hydrogen-bond acceptors (Lipinski definition) is 4. The van der Waals surface area contributed by atoms with Crippen LogP contribution >= 0.6 is 0 Å². The molecule has 16 heavy (non-hydrogen) atoms. The molecule has 0 N–H and O–H groups in total. The number of hydrogen-bond donors (Lipinski definition) is 0. The predicted molar refractivity (Wildman–Crippen MR) is 59.0 cm³/mol. The van der Waals surface area contributed by atoms with Crippen molar-refractivity contribution in [2.45, 2.75) is 6.92 Å². The van der Waals surface area contributed by atoms with Gasteiger partial charge in [0.15, 0.2) is 0 Å². The molecule has 0 saturated heterocycles. The van der Waals surface area contributed by atoms with Crippen LogP contribution in [0.2, 0.25) is 0 Å². The molecule has 86 valence electrons. The fourth-order valence-electron chi connectivity index (χ4n) is 1.15. The van der Waals surface area contributed by atoms with E-state index < -0.39 is 4.92 Å². The molecule has 1 aromatic rings. The van der Waals surface area contributed by atoms with Gasteiger partial charge in [0, 0.05) is 6.08 Å². The van der Waals surface area contributed by atoms with Crippen molar-refractivity contribution in [1.82, 2.24) is 0 Å². The largest absolute Gasteiger partial charge is 0.275 e. The van der Waals surface area contributed by atoms with Crippen LogP contribution in [0.15, 0.2) is 36.4 Å². The second kappa shape index (κ2) is 6.71. The molecule has 0 atom stereocenters. The maximum atomic E-state index is 10.8. The lowest BCUT2D eigenvalue weighted by molar-refractivity contribution is -0.376. The quantitative estimate of drug-likeness (QED) is 0.321. The molecule has 0 amide bonds. The minimum absolute atomic E-state index is 0.0142.